The summed E-state index contributed by atoms with van der Waals surface area (Å²) < 4.78 is 6.33. The monoisotopic (exact) mass is 456 g/mol. The first-order valence-corrected chi connectivity index (χ1v) is 11.9. The van der Waals surface area contributed by atoms with Gasteiger partial charge in [-0.05, 0) is 60.9 Å². The van der Waals surface area contributed by atoms with Crippen molar-refractivity contribution in [2.75, 3.05) is 12.3 Å². The molecule has 0 fully saturated rings. The van der Waals surface area contributed by atoms with Crippen molar-refractivity contribution in [2.24, 2.45) is 0 Å². The van der Waals surface area contributed by atoms with Crippen LogP contribution in [0.5, 0.6) is 5.75 Å². The third kappa shape index (κ3) is 4.83. The summed E-state index contributed by atoms with van der Waals surface area (Å²) in [6, 6.07) is 16.6. The summed E-state index contributed by atoms with van der Waals surface area (Å²) in [6.45, 7) is 4.57. The van der Waals surface area contributed by atoms with Crippen LogP contribution in [-0.2, 0) is 11.2 Å². The minimum Gasteiger partial charge on any atom is -0.487 e. The molecule has 33 heavy (non-hydrogen) atoms. The second-order valence-corrected chi connectivity index (χ2v) is 9.17. The maximum atomic E-state index is 12.3. The fourth-order valence-electron chi connectivity index (χ4n) is 4.08. The van der Waals surface area contributed by atoms with Crippen LogP contribution in [0.2, 0.25) is 0 Å². The van der Waals surface area contributed by atoms with Gasteiger partial charge in [-0.1, -0.05) is 30.0 Å². The zero-order valence-electron chi connectivity index (χ0n) is 18.5. The van der Waals surface area contributed by atoms with E-state index < -0.39 is 0 Å². The Labute approximate surface area is 196 Å². The largest absolute Gasteiger partial charge is 0.487 e. The molecule has 0 unspecified atom stereocenters. The van der Waals surface area contributed by atoms with Crippen LogP contribution in [0.1, 0.15) is 16.8 Å². The Balaban J connectivity index is 1.28. The lowest BCUT2D eigenvalue weighted by atomic mass is 9.97. The van der Waals surface area contributed by atoms with E-state index in [1.807, 2.05) is 13.0 Å². The van der Waals surface area contributed by atoms with Crippen LogP contribution < -0.4 is 10.1 Å². The maximum absolute atomic E-state index is 12.3. The van der Waals surface area contributed by atoms with Crippen LogP contribution in [0.25, 0.3) is 22.0 Å². The molecule has 0 saturated carbocycles. The standard InChI is InChI=1S/C26H24N4O2S/c1-16-10-20-13-21(14-29-24(31)15-33-26-27-8-3-9-28-26)32-25(20)22(11-16)18-6-7-23-19(12-18)5-4-17(2)30-23/h3-12,21H,13-15H2,1-2H3,(H,29,31)/t21-/m1/s1. The number of carbonyl (C=O) groups excluding carboxylic acids is 1. The summed E-state index contributed by atoms with van der Waals surface area (Å²) in [7, 11) is 0. The van der Waals surface area contributed by atoms with Gasteiger partial charge in [-0.2, -0.15) is 0 Å². The summed E-state index contributed by atoms with van der Waals surface area (Å²) in [6.07, 6.45) is 4.02. The van der Waals surface area contributed by atoms with Crippen molar-refractivity contribution in [1.29, 1.82) is 0 Å². The molecule has 4 aromatic rings. The molecule has 1 aliphatic heterocycles. The molecular formula is C26H24N4O2S. The summed E-state index contributed by atoms with van der Waals surface area (Å²) in [5, 5.41) is 4.69. The number of benzene rings is 2. The lowest BCUT2D eigenvalue weighted by Crippen LogP contribution is -2.35. The van der Waals surface area contributed by atoms with Gasteiger partial charge in [0, 0.05) is 35.5 Å². The molecule has 0 saturated heterocycles. The maximum Gasteiger partial charge on any atom is 0.230 e. The number of hydrogen-bond acceptors (Lipinski definition) is 6. The Kier molecular flexibility index (Phi) is 5.96. The molecule has 0 spiro atoms. The Morgan fingerprint density at radius 1 is 1.12 bits per heavy atom. The van der Waals surface area contributed by atoms with Gasteiger partial charge in [0.05, 0.1) is 17.8 Å². The van der Waals surface area contributed by atoms with Gasteiger partial charge in [-0.3, -0.25) is 9.78 Å². The van der Waals surface area contributed by atoms with Crippen molar-refractivity contribution in [2.45, 2.75) is 31.5 Å². The first-order valence-electron chi connectivity index (χ1n) is 10.9. The summed E-state index contributed by atoms with van der Waals surface area (Å²) >= 11 is 1.32. The van der Waals surface area contributed by atoms with Gasteiger partial charge in [-0.25, -0.2) is 9.97 Å². The number of hydrogen-bond donors (Lipinski definition) is 1. The van der Waals surface area contributed by atoms with E-state index in [4.69, 9.17) is 4.74 Å². The summed E-state index contributed by atoms with van der Waals surface area (Å²) in [5.41, 5.74) is 6.56. The second kappa shape index (κ2) is 9.19. The topological polar surface area (TPSA) is 77.0 Å². The molecule has 0 radical (unpaired) electrons. The number of ether oxygens (including phenoxy) is 1. The van der Waals surface area contributed by atoms with Crippen LogP contribution in [-0.4, -0.2) is 39.3 Å². The average Bonchev–Trinajstić information content (AvgIpc) is 3.24. The number of aromatic nitrogens is 3. The van der Waals surface area contributed by atoms with Crippen molar-refractivity contribution in [3.05, 3.63) is 77.7 Å². The molecule has 1 atom stereocenters. The Morgan fingerprint density at radius 3 is 2.82 bits per heavy atom. The average molecular weight is 457 g/mol. The molecule has 3 heterocycles. The lowest BCUT2D eigenvalue weighted by Gasteiger charge is -2.14. The van der Waals surface area contributed by atoms with Gasteiger partial charge in [0.15, 0.2) is 5.16 Å². The Morgan fingerprint density at radius 2 is 1.97 bits per heavy atom. The third-order valence-electron chi connectivity index (χ3n) is 5.58. The predicted molar refractivity (Wildman–Crippen MR) is 131 cm³/mol. The number of fused-ring (bicyclic) bond motifs is 2. The molecule has 0 aliphatic carbocycles. The fourth-order valence-corrected chi connectivity index (χ4v) is 4.72. The molecule has 2 aromatic heterocycles. The molecule has 5 rings (SSSR count). The first kappa shape index (κ1) is 21.4. The number of amides is 1. The number of aryl methyl sites for hydroxylation is 2. The van der Waals surface area contributed by atoms with Crippen molar-refractivity contribution in [3.63, 3.8) is 0 Å². The highest BCUT2D eigenvalue weighted by Gasteiger charge is 2.27. The number of nitrogens with zero attached hydrogens (tertiary/aromatic N) is 3. The van der Waals surface area contributed by atoms with Gasteiger partial charge in [0.25, 0.3) is 0 Å². The zero-order chi connectivity index (χ0) is 22.8. The number of carbonyl (C=O) groups is 1. The summed E-state index contributed by atoms with van der Waals surface area (Å²) in [5.74, 6) is 1.13. The van der Waals surface area contributed by atoms with Gasteiger partial charge in [-0.15, -0.1) is 0 Å². The van der Waals surface area contributed by atoms with E-state index in [1.165, 1.54) is 22.9 Å². The molecule has 7 heteroatoms. The van der Waals surface area contributed by atoms with E-state index in [0.29, 0.717) is 11.7 Å². The van der Waals surface area contributed by atoms with Crippen LogP contribution in [0, 0.1) is 13.8 Å². The van der Waals surface area contributed by atoms with E-state index >= 15 is 0 Å². The van der Waals surface area contributed by atoms with Crippen LogP contribution in [0.4, 0.5) is 0 Å². The normalized spacial score (nSPS) is 14.7. The number of rotatable bonds is 6. The van der Waals surface area contributed by atoms with Crippen molar-refractivity contribution in [1.82, 2.24) is 20.3 Å². The second-order valence-electron chi connectivity index (χ2n) is 8.23. The van der Waals surface area contributed by atoms with Gasteiger partial charge in [0.1, 0.15) is 11.9 Å². The van der Waals surface area contributed by atoms with Crippen LogP contribution in [0.3, 0.4) is 0 Å². The number of thioether (sulfide) groups is 1. The SMILES string of the molecule is Cc1cc2c(c(-c3ccc4nc(C)ccc4c3)c1)O[C@@H](CNC(=O)CSc1ncccn1)C2. The quantitative estimate of drug-likeness (QED) is 0.340. The number of pyridine rings is 1. The number of nitrogens with one attached hydrogen (secondary N) is 1. The van der Waals surface area contributed by atoms with Crippen molar-refractivity contribution < 1.29 is 9.53 Å². The molecule has 0 bridgehead atoms. The molecule has 6 nitrogen and oxygen atoms in total. The molecule has 1 N–H and O–H groups in total. The fraction of sp³-hybridized carbons (Fsp3) is 0.231. The minimum absolute atomic E-state index is 0.0549. The van der Waals surface area contributed by atoms with Crippen molar-refractivity contribution >= 4 is 28.6 Å². The zero-order valence-corrected chi connectivity index (χ0v) is 19.4. The Hall–Kier alpha value is -3.45. The van der Waals surface area contributed by atoms with Gasteiger partial charge in [0.2, 0.25) is 5.91 Å². The van der Waals surface area contributed by atoms with E-state index in [1.54, 1.807) is 18.5 Å². The van der Waals surface area contributed by atoms with Gasteiger partial charge < -0.3 is 10.1 Å². The minimum atomic E-state index is -0.0905. The summed E-state index contributed by atoms with van der Waals surface area (Å²) in [4.78, 5) is 25.2. The van der Waals surface area contributed by atoms with Crippen LogP contribution in [0.15, 0.2) is 66.1 Å². The predicted octanol–water partition coefficient (Wildman–Crippen LogP) is 4.52. The van der Waals surface area contributed by atoms with Crippen LogP contribution >= 0.6 is 11.8 Å². The van der Waals surface area contributed by atoms with Gasteiger partial charge >= 0.3 is 0 Å². The van der Waals surface area contributed by atoms with E-state index in [2.05, 4.69) is 63.6 Å². The molecule has 2 aromatic carbocycles. The van der Waals surface area contributed by atoms with E-state index in [9.17, 15) is 4.79 Å². The highest BCUT2D eigenvalue weighted by molar-refractivity contribution is 7.99. The van der Waals surface area contributed by atoms with E-state index in [-0.39, 0.29) is 17.8 Å². The lowest BCUT2D eigenvalue weighted by molar-refractivity contribution is -0.118. The highest BCUT2D eigenvalue weighted by atomic mass is 32.2. The molecule has 166 valence electrons. The van der Waals surface area contributed by atoms with Crippen molar-refractivity contribution in [3.8, 4) is 16.9 Å². The molecule has 1 amide bonds. The third-order valence-corrected chi connectivity index (χ3v) is 6.46. The molecular weight excluding hydrogens is 432 g/mol. The van der Waals surface area contributed by atoms with E-state index in [0.717, 1.165) is 39.9 Å². The Bertz CT molecular complexity index is 1330. The smallest absolute Gasteiger partial charge is 0.230 e. The highest BCUT2D eigenvalue weighted by Crippen LogP contribution is 2.40. The first-order chi connectivity index (χ1) is 16.0. The molecule has 1 aliphatic rings.